The molecule has 0 aliphatic rings. The molecular weight excluding hydrogens is 322 g/mol. The molecule has 128 valence electrons. The van der Waals surface area contributed by atoms with Gasteiger partial charge in [0, 0.05) is 16.8 Å². The van der Waals surface area contributed by atoms with Crippen molar-refractivity contribution in [1.82, 2.24) is 14.5 Å². The van der Waals surface area contributed by atoms with Gasteiger partial charge in [0.15, 0.2) is 0 Å². The molecule has 0 saturated heterocycles. The molecule has 0 saturated carbocycles. The Morgan fingerprint density at radius 1 is 0.769 bits per heavy atom. The van der Waals surface area contributed by atoms with Crippen LogP contribution in [0, 0.1) is 0 Å². The Morgan fingerprint density at radius 3 is 2.08 bits per heavy atom. The minimum Gasteiger partial charge on any atom is -0.493 e. The SMILES string of the molecule is CCc1cccc(-n2c(-c3ccccc3)nc(-c3ccccc3)c2O)n1. The van der Waals surface area contributed by atoms with Gasteiger partial charge in [-0.25, -0.2) is 14.5 Å². The van der Waals surface area contributed by atoms with Crippen molar-refractivity contribution in [2.45, 2.75) is 13.3 Å². The summed E-state index contributed by atoms with van der Waals surface area (Å²) >= 11 is 0. The van der Waals surface area contributed by atoms with Gasteiger partial charge in [-0.15, -0.1) is 0 Å². The van der Waals surface area contributed by atoms with E-state index in [1.165, 1.54) is 0 Å². The average molecular weight is 341 g/mol. The quantitative estimate of drug-likeness (QED) is 0.576. The van der Waals surface area contributed by atoms with Crippen LogP contribution in [0.3, 0.4) is 0 Å². The highest BCUT2D eigenvalue weighted by Crippen LogP contribution is 2.35. The van der Waals surface area contributed by atoms with Crippen molar-refractivity contribution in [2.24, 2.45) is 0 Å². The van der Waals surface area contributed by atoms with Crippen molar-refractivity contribution in [2.75, 3.05) is 0 Å². The van der Waals surface area contributed by atoms with Gasteiger partial charge in [0.25, 0.3) is 0 Å². The Labute approximate surface area is 152 Å². The molecule has 4 heteroatoms. The number of pyridine rings is 1. The average Bonchev–Trinajstić information content (AvgIpc) is 3.06. The predicted octanol–water partition coefficient (Wildman–Crippen LogP) is 4.87. The van der Waals surface area contributed by atoms with E-state index >= 15 is 0 Å². The third-order valence-corrected chi connectivity index (χ3v) is 4.32. The number of hydrogen-bond donors (Lipinski definition) is 1. The maximum atomic E-state index is 11.0. The van der Waals surface area contributed by atoms with Crippen molar-refractivity contribution in [3.63, 3.8) is 0 Å². The fourth-order valence-electron chi connectivity index (χ4n) is 2.99. The van der Waals surface area contributed by atoms with Gasteiger partial charge in [-0.05, 0) is 18.6 Å². The standard InChI is InChI=1S/C22H19N3O/c1-2-18-14-9-15-19(23-18)25-21(17-12-7-4-8-13-17)24-20(22(25)26)16-10-5-3-6-11-16/h3-15,26H,2H2,1H3. The number of aromatic nitrogens is 3. The molecule has 4 rings (SSSR count). The molecule has 0 radical (unpaired) electrons. The first-order chi connectivity index (χ1) is 12.8. The van der Waals surface area contributed by atoms with Crippen LogP contribution in [0.5, 0.6) is 5.88 Å². The van der Waals surface area contributed by atoms with E-state index in [1.807, 2.05) is 78.9 Å². The summed E-state index contributed by atoms with van der Waals surface area (Å²) in [7, 11) is 0. The Bertz CT molecular complexity index is 1020. The summed E-state index contributed by atoms with van der Waals surface area (Å²) in [5.41, 5.74) is 3.31. The molecule has 0 unspecified atom stereocenters. The molecule has 0 spiro atoms. The second kappa shape index (κ2) is 6.84. The van der Waals surface area contributed by atoms with E-state index in [4.69, 9.17) is 4.98 Å². The highest BCUT2D eigenvalue weighted by atomic mass is 16.3. The van der Waals surface area contributed by atoms with Crippen molar-refractivity contribution in [1.29, 1.82) is 0 Å². The second-order valence-electron chi connectivity index (χ2n) is 6.02. The Hall–Kier alpha value is -3.40. The molecule has 2 aromatic heterocycles. The van der Waals surface area contributed by atoms with E-state index in [9.17, 15) is 5.11 Å². The Kier molecular flexibility index (Phi) is 4.23. The van der Waals surface area contributed by atoms with Crippen LogP contribution in [-0.2, 0) is 6.42 Å². The van der Waals surface area contributed by atoms with Crippen LogP contribution in [0.2, 0.25) is 0 Å². The van der Waals surface area contributed by atoms with Gasteiger partial charge < -0.3 is 5.11 Å². The van der Waals surface area contributed by atoms with Gasteiger partial charge in [-0.2, -0.15) is 0 Å². The molecule has 0 bridgehead atoms. The van der Waals surface area contributed by atoms with E-state index < -0.39 is 0 Å². The number of aryl methyl sites for hydroxylation is 1. The van der Waals surface area contributed by atoms with Crippen LogP contribution in [0.15, 0.2) is 78.9 Å². The Morgan fingerprint density at radius 2 is 1.42 bits per heavy atom. The lowest BCUT2D eigenvalue weighted by Crippen LogP contribution is -2.01. The largest absolute Gasteiger partial charge is 0.493 e. The van der Waals surface area contributed by atoms with Gasteiger partial charge in [0.05, 0.1) is 0 Å². The van der Waals surface area contributed by atoms with Crippen LogP contribution in [0.4, 0.5) is 0 Å². The van der Waals surface area contributed by atoms with E-state index in [1.54, 1.807) is 4.57 Å². The highest BCUT2D eigenvalue weighted by Gasteiger charge is 2.21. The molecule has 0 aliphatic heterocycles. The fourth-order valence-corrected chi connectivity index (χ4v) is 2.99. The van der Waals surface area contributed by atoms with Gasteiger partial charge in [-0.1, -0.05) is 73.7 Å². The zero-order valence-electron chi connectivity index (χ0n) is 14.5. The summed E-state index contributed by atoms with van der Waals surface area (Å²) < 4.78 is 1.72. The van der Waals surface area contributed by atoms with Crippen molar-refractivity contribution in [3.8, 4) is 34.3 Å². The molecule has 4 nitrogen and oxygen atoms in total. The number of benzene rings is 2. The van der Waals surface area contributed by atoms with Crippen molar-refractivity contribution < 1.29 is 5.11 Å². The normalized spacial score (nSPS) is 10.8. The lowest BCUT2D eigenvalue weighted by molar-refractivity contribution is 0.444. The van der Waals surface area contributed by atoms with Crippen LogP contribution in [0.1, 0.15) is 12.6 Å². The second-order valence-corrected chi connectivity index (χ2v) is 6.02. The first-order valence-electron chi connectivity index (χ1n) is 8.66. The molecule has 1 N–H and O–H groups in total. The molecule has 2 heterocycles. The number of aromatic hydroxyl groups is 1. The van der Waals surface area contributed by atoms with Gasteiger partial charge in [-0.3, -0.25) is 0 Å². The summed E-state index contributed by atoms with van der Waals surface area (Å²) in [5, 5.41) is 11.0. The summed E-state index contributed by atoms with van der Waals surface area (Å²) in [6, 6.07) is 25.4. The first kappa shape index (κ1) is 16.1. The predicted molar refractivity (Wildman–Crippen MR) is 103 cm³/mol. The minimum atomic E-state index is 0.0933. The molecule has 0 amide bonds. The van der Waals surface area contributed by atoms with Crippen molar-refractivity contribution >= 4 is 0 Å². The molecule has 0 atom stereocenters. The zero-order valence-corrected chi connectivity index (χ0v) is 14.5. The Balaban J connectivity index is 1.98. The lowest BCUT2D eigenvalue weighted by Gasteiger charge is -2.09. The van der Waals surface area contributed by atoms with E-state index in [2.05, 4.69) is 11.9 Å². The molecule has 4 aromatic rings. The lowest BCUT2D eigenvalue weighted by atomic mass is 10.2. The maximum absolute atomic E-state index is 11.0. The fraction of sp³-hybridized carbons (Fsp3) is 0.0909. The van der Waals surface area contributed by atoms with E-state index in [-0.39, 0.29) is 5.88 Å². The van der Waals surface area contributed by atoms with Crippen molar-refractivity contribution in [3.05, 3.63) is 84.6 Å². The zero-order chi connectivity index (χ0) is 17.9. The summed E-state index contributed by atoms with van der Waals surface area (Å²) in [5.74, 6) is 1.42. The van der Waals surface area contributed by atoms with Crippen LogP contribution in [0.25, 0.3) is 28.5 Å². The first-order valence-corrected chi connectivity index (χ1v) is 8.66. The number of imidazole rings is 1. The third-order valence-electron chi connectivity index (χ3n) is 4.32. The highest BCUT2D eigenvalue weighted by molar-refractivity contribution is 5.72. The monoisotopic (exact) mass is 341 g/mol. The third kappa shape index (κ3) is 2.86. The molecule has 2 aromatic carbocycles. The smallest absolute Gasteiger partial charge is 0.225 e. The number of hydrogen-bond acceptors (Lipinski definition) is 3. The number of rotatable bonds is 4. The molecule has 0 fully saturated rings. The van der Waals surface area contributed by atoms with E-state index in [0.717, 1.165) is 23.2 Å². The topological polar surface area (TPSA) is 50.9 Å². The minimum absolute atomic E-state index is 0.0933. The summed E-state index contributed by atoms with van der Waals surface area (Å²) in [4.78, 5) is 9.43. The molecule has 26 heavy (non-hydrogen) atoms. The molecule has 0 aliphatic carbocycles. The molecular formula is C22H19N3O. The van der Waals surface area contributed by atoms with Gasteiger partial charge in [0.2, 0.25) is 5.88 Å². The van der Waals surface area contributed by atoms with Crippen LogP contribution >= 0.6 is 0 Å². The van der Waals surface area contributed by atoms with Crippen LogP contribution in [-0.4, -0.2) is 19.6 Å². The van der Waals surface area contributed by atoms with Crippen LogP contribution < -0.4 is 0 Å². The van der Waals surface area contributed by atoms with Gasteiger partial charge in [0.1, 0.15) is 17.3 Å². The summed E-state index contributed by atoms with van der Waals surface area (Å²) in [6.45, 7) is 2.06. The number of nitrogens with zero attached hydrogens (tertiary/aromatic N) is 3. The maximum Gasteiger partial charge on any atom is 0.225 e. The van der Waals surface area contributed by atoms with Gasteiger partial charge >= 0.3 is 0 Å². The summed E-state index contributed by atoms with van der Waals surface area (Å²) in [6.07, 6.45) is 0.829. The van der Waals surface area contributed by atoms with E-state index in [0.29, 0.717) is 17.3 Å².